The zero-order valence-electron chi connectivity index (χ0n) is 9.79. The summed E-state index contributed by atoms with van der Waals surface area (Å²) in [6.07, 6.45) is 2.40. The molecule has 0 aliphatic heterocycles. The first-order valence-electron chi connectivity index (χ1n) is 5.50. The molecule has 0 saturated heterocycles. The molecule has 1 atom stereocenters. The normalized spacial score (nSPS) is 12.5. The summed E-state index contributed by atoms with van der Waals surface area (Å²) in [5, 5.41) is 0. The average molecular weight is 208 g/mol. The van der Waals surface area contributed by atoms with Crippen molar-refractivity contribution in [2.45, 2.75) is 46.3 Å². The van der Waals surface area contributed by atoms with Gasteiger partial charge in [-0.1, -0.05) is 13.3 Å². The van der Waals surface area contributed by atoms with E-state index in [4.69, 9.17) is 10.5 Å². The summed E-state index contributed by atoms with van der Waals surface area (Å²) in [6, 6.07) is 3.91. The molecule has 1 rings (SSSR count). The van der Waals surface area contributed by atoms with Crippen LogP contribution in [0.5, 0.6) is 5.75 Å². The van der Waals surface area contributed by atoms with Crippen LogP contribution in [-0.4, -0.2) is 11.1 Å². The molecule has 0 fully saturated rings. The number of aryl methyl sites for hydroxylation is 1. The van der Waals surface area contributed by atoms with Gasteiger partial charge in [-0.25, -0.2) is 0 Å². The summed E-state index contributed by atoms with van der Waals surface area (Å²) < 4.78 is 5.79. The van der Waals surface area contributed by atoms with Gasteiger partial charge < -0.3 is 10.5 Å². The lowest BCUT2D eigenvalue weighted by molar-refractivity contribution is 0.207. The third-order valence-electron chi connectivity index (χ3n) is 2.29. The van der Waals surface area contributed by atoms with Gasteiger partial charge in [0.2, 0.25) is 0 Å². The Morgan fingerprint density at radius 2 is 2.20 bits per heavy atom. The maximum atomic E-state index is 5.79. The average Bonchev–Trinajstić information content (AvgIpc) is 2.21. The Hall–Kier alpha value is -1.09. The number of aromatic nitrogens is 1. The Labute approximate surface area is 91.7 Å². The van der Waals surface area contributed by atoms with Gasteiger partial charge in [0.15, 0.2) is 0 Å². The van der Waals surface area contributed by atoms with Gasteiger partial charge in [0.1, 0.15) is 5.75 Å². The Morgan fingerprint density at radius 3 is 2.80 bits per heavy atom. The van der Waals surface area contributed by atoms with E-state index in [1.54, 1.807) is 0 Å². The molecule has 0 aliphatic carbocycles. The lowest BCUT2D eigenvalue weighted by Crippen LogP contribution is -2.14. The summed E-state index contributed by atoms with van der Waals surface area (Å²) in [7, 11) is 0. The summed E-state index contributed by atoms with van der Waals surface area (Å²) >= 11 is 0. The highest BCUT2D eigenvalue weighted by Crippen LogP contribution is 2.19. The molecule has 0 aliphatic rings. The monoisotopic (exact) mass is 208 g/mol. The molecule has 2 N–H and O–H groups in total. The van der Waals surface area contributed by atoms with Crippen LogP contribution >= 0.6 is 0 Å². The topological polar surface area (TPSA) is 48.1 Å². The van der Waals surface area contributed by atoms with Crippen molar-refractivity contribution in [3.8, 4) is 5.75 Å². The van der Waals surface area contributed by atoms with Crippen molar-refractivity contribution in [2.75, 3.05) is 0 Å². The Kier molecular flexibility index (Phi) is 4.56. The first-order chi connectivity index (χ1) is 7.17. The van der Waals surface area contributed by atoms with Crippen molar-refractivity contribution in [3.63, 3.8) is 0 Å². The van der Waals surface area contributed by atoms with Gasteiger partial charge in [-0.05, 0) is 32.4 Å². The second-order valence-corrected chi connectivity index (χ2v) is 3.82. The van der Waals surface area contributed by atoms with E-state index in [2.05, 4.69) is 18.8 Å². The van der Waals surface area contributed by atoms with Crippen LogP contribution in [0.2, 0.25) is 0 Å². The molecule has 15 heavy (non-hydrogen) atoms. The molecule has 1 heterocycles. The maximum Gasteiger partial charge on any atom is 0.142 e. The molecule has 0 saturated carbocycles. The van der Waals surface area contributed by atoms with E-state index in [1.807, 2.05) is 19.1 Å². The number of rotatable bonds is 5. The van der Waals surface area contributed by atoms with Crippen molar-refractivity contribution >= 4 is 0 Å². The second kappa shape index (κ2) is 5.71. The third kappa shape index (κ3) is 3.51. The molecule has 0 aromatic carbocycles. The Balaban J connectivity index is 2.75. The van der Waals surface area contributed by atoms with Gasteiger partial charge in [-0.2, -0.15) is 0 Å². The van der Waals surface area contributed by atoms with Gasteiger partial charge in [0.25, 0.3) is 0 Å². The predicted octanol–water partition coefficient (Wildman–Crippen LogP) is 2.42. The molecule has 1 aromatic heterocycles. The van der Waals surface area contributed by atoms with E-state index in [1.165, 1.54) is 0 Å². The van der Waals surface area contributed by atoms with Gasteiger partial charge >= 0.3 is 0 Å². The van der Waals surface area contributed by atoms with Crippen LogP contribution in [0, 0.1) is 6.92 Å². The van der Waals surface area contributed by atoms with E-state index < -0.39 is 0 Å². The SMILES string of the molecule is CCCC(C)Oc1ccc(C)nc1CN. The lowest BCUT2D eigenvalue weighted by atomic mass is 10.2. The molecule has 3 nitrogen and oxygen atoms in total. The van der Waals surface area contributed by atoms with Gasteiger partial charge in [0, 0.05) is 12.2 Å². The summed E-state index contributed by atoms with van der Waals surface area (Å²) in [6.45, 7) is 6.61. The minimum atomic E-state index is 0.227. The van der Waals surface area contributed by atoms with Crippen molar-refractivity contribution in [3.05, 3.63) is 23.5 Å². The van der Waals surface area contributed by atoms with Crippen molar-refractivity contribution < 1.29 is 4.74 Å². The quantitative estimate of drug-likeness (QED) is 0.808. The van der Waals surface area contributed by atoms with E-state index >= 15 is 0 Å². The predicted molar refractivity (Wildman–Crippen MR) is 61.9 cm³/mol. The summed E-state index contributed by atoms with van der Waals surface area (Å²) in [5.74, 6) is 0.823. The molecule has 1 aromatic rings. The van der Waals surface area contributed by atoms with Crippen LogP contribution in [0.15, 0.2) is 12.1 Å². The van der Waals surface area contributed by atoms with E-state index in [-0.39, 0.29) is 6.10 Å². The summed E-state index contributed by atoms with van der Waals surface area (Å²) in [5.41, 5.74) is 7.45. The maximum absolute atomic E-state index is 5.79. The molecule has 0 radical (unpaired) electrons. The number of nitrogens with zero attached hydrogens (tertiary/aromatic N) is 1. The van der Waals surface area contributed by atoms with Crippen LogP contribution in [-0.2, 0) is 6.54 Å². The molecular formula is C12H20N2O. The fourth-order valence-electron chi connectivity index (χ4n) is 1.53. The molecule has 0 spiro atoms. The van der Waals surface area contributed by atoms with Gasteiger partial charge in [-0.15, -0.1) is 0 Å². The molecular weight excluding hydrogens is 188 g/mol. The van der Waals surface area contributed by atoms with Crippen LogP contribution < -0.4 is 10.5 Å². The molecule has 84 valence electrons. The van der Waals surface area contributed by atoms with Gasteiger partial charge in [0.05, 0.1) is 11.8 Å². The standard InChI is InChI=1S/C12H20N2O/c1-4-5-10(3)15-12-7-6-9(2)14-11(12)8-13/h6-7,10H,4-5,8,13H2,1-3H3. The van der Waals surface area contributed by atoms with E-state index in [9.17, 15) is 0 Å². The number of hydrogen-bond donors (Lipinski definition) is 1. The largest absolute Gasteiger partial charge is 0.489 e. The second-order valence-electron chi connectivity index (χ2n) is 3.82. The minimum absolute atomic E-state index is 0.227. The zero-order chi connectivity index (χ0) is 11.3. The fourth-order valence-corrected chi connectivity index (χ4v) is 1.53. The zero-order valence-corrected chi connectivity index (χ0v) is 9.79. The van der Waals surface area contributed by atoms with E-state index in [0.717, 1.165) is 30.0 Å². The third-order valence-corrected chi connectivity index (χ3v) is 2.29. The van der Waals surface area contributed by atoms with Crippen molar-refractivity contribution in [2.24, 2.45) is 5.73 Å². The van der Waals surface area contributed by atoms with Crippen molar-refractivity contribution in [1.29, 1.82) is 0 Å². The summed E-state index contributed by atoms with van der Waals surface area (Å²) in [4.78, 5) is 4.35. The lowest BCUT2D eigenvalue weighted by Gasteiger charge is -2.16. The first-order valence-corrected chi connectivity index (χ1v) is 5.50. The molecule has 1 unspecified atom stereocenters. The van der Waals surface area contributed by atoms with Crippen LogP contribution in [0.25, 0.3) is 0 Å². The highest BCUT2D eigenvalue weighted by molar-refractivity contribution is 5.29. The van der Waals surface area contributed by atoms with Crippen LogP contribution in [0.3, 0.4) is 0 Å². The highest BCUT2D eigenvalue weighted by atomic mass is 16.5. The Bertz CT molecular complexity index is 312. The van der Waals surface area contributed by atoms with Crippen LogP contribution in [0.4, 0.5) is 0 Å². The first kappa shape index (κ1) is 12.0. The smallest absolute Gasteiger partial charge is 0.142 e. The van der Waals surface area contributed by atoms with Gasteiger partial charge in [-0.3, -0.25) is 4.98 Å². The number of nitrogens with two attached hydrogens (primary N) is 1. The van der Waals surface area contributed by atoms with E-state index in [0.29, 0.717) is 6.54 Å². The number of hydrogen-bond acceptors (Lipinski definition) is 3. The molecule has 0 amide bonds. The van der Waals surface area contributed by atoms with Crippen LogP contribution in [0.1, 0.15) is 38.1 Å². The Morgan fingerprint density at radius 1 is 1.47 bits per heavy atom. The number of pyridine rings is 1. The van der Waals surface area contributed by atoms with Crippen molar-refractivity contribution in [1.82, 2.24) is 4.98 Å². The minimum Gasteiger partial charge on any atom is -0.489 e. The molecule has 0 bridgehead atoms. The fraction of sp³-hybridized carbons (Fsp3) is 0.583. The number of ether oxygens (including phenoxy) is 1. The molecule has 3 heteroatoms. The highest BCUT2D eigenvalue weighted by Gasteiger charge is 2.08.